The van der Waals surface area contributed by atoms with Gasteiger partial charge in [-0.15, -0.1) is 0 Å². The molecule has 146 valence electrons. The maximum Gasteiger partial charge on any atom is 0.327 e. The fourth-order valence-electron chi connectivity index (χ4n) is 2.92. The average molecular weight is 383 g/mol. The second-order valence-electron chi connectivity index (χ2n) is 6.46. The highest BCUT2D eigenvalue weighted by molar-refractivity contribution is 6.01. The number of hydrogen-bond acceptors (Lipinski definition) is 6. The smallest absolute Gasteiger partial charge is 0.327 e. The van der Waals surface area contributed by atoms with Crippen LogP contribution in [0, 0.1) is 5.92 Å². The predicted octanol–water partition coefficient (Wildman–Crippen LogP) is 3.07. The van der Waals surface area contributed by atoms with E-state index in [1.807, 2.05) is 0 Å². The van der Waals surface area contributed by atoms with E-state index in [0.29, 0.717) is 17.3 Å². The van der Waals surface area contributed by atoms with Crippen LogP contribution in [0.5, 0.6) is 11.5 Å². The number of nitrogens with zero attached hydrogens (tertiary/aromatic N) is 2. The van der Waals surface area contributed by atoms with Crippen molar-refractivity contribution in [3.63, 3.8) is 0 Å². The number of rotatable bonds is 5. The lowest BCUT2D eigenvalue weighted by molar-refractivity contribution is -0.123. The Kier molecular flexibility index (Phi) is 6.15. The van der Waals surface area contributed by atoms with Crippen LogP contribution in [0.1, 0.15) is 32.6 Å². The first-order valence-electron chi connectivity index (χ1n) is 8.99. The van der Waals surface area contributed by atoms with E-state index in [4.69, 9.17) is 4.74 Å². The van der Waals surface area contributed by atoms with Crippen molar-refractivity contribution >= 4 is 29.5 Å². The molecule has 1 aliphatic rings. The minimum atomic E-state index is -0.604. The number of aromatic nitrogens is 2. The number of nitrogens with one attached hydrogen (secondary N) is 3. The van der Waals surface area contributed by atoms with Crippen molar-refractivity contribution in [1.29, 1.82) is 0 Å². The Balaban J connectivity index is 1.54. The van der Waals surface area contributed by atoms with Crippen molar-refractivity contribution in [2.75, 3.05) is 10.6 Å². The molecule has 2 heterocycles. The van der Waals surface area contributed by atoms with E-state index >= 15 is 0 Å². The number of anilines is 2. The van der Waals surface area contributed by atoms with E-state index in [1.54, 1.807) is 24.3 Å². The van der Waals surface area contributed by atoms with Crippen molar-refractivity contribution < 1.29 is 19.1 Å². The van der Waals surface area contributed by atoms with Crippen molar-refractivity contribution in [2.24, 2.45) is 5.92 Å². The first-order valence-corrected chi connectivity index (χ1v) is 8.99. The Bertz CT molecular complexity index is 863. The van der Waals surface area contributed by atoms with E-state index < -0.39 is 6.03 Å². The number of amides is 4. The van der Waals surface area contributed by atoms with Crippen LogP contribution in [0.15, 0.2) is 36.7 Å². The minimum Gasteiger partial charge on any atom is -0.456 e. The SMILES string of the molecule is CC(=O)Nc1cc(Oc2ccc(NC(=O)NC(=O)C3CCCC3)nc2)ccn1. The van der Waals surface area contributed by atoms with Crippen LogP contribution >= 0.6 is 0 Å². The Labute approximate surface area is 161 Å². The molecule has 9 nitrogen and oxygen atoms in total. The molecule has 0 aromatic carbocycles. The van der Waals surface area contributed by atoms with Gasteiger partial charge in [-0.3, -0.25) is 20.2 Å². The third-order valence-electron chi connectivity index (χ3n) is 4.21. The Morgan fingerprint density at radius 1 is 1.00 bits per heavy atom. The highest BCUT2D eigenvalue weighted by atomic mass is 16.5. The third kappa shape index (κ3) is 5.50. The molecule has 2 aromatic heterocycles. The summed E-state index contributed by atoms with van der Waals surface area (Å²) in [6, 6.07) is 5.80. The quantitative estimate of drug-likeness (QED) is 0.729. The van der Waals surface area contributed by atoms with Crippen LogP contribution in [0.25, 0.3) is 0 Å². The largest absolute Gasteiger partial charge is 0.456 e. The molecule has 0 aliphatic heterocycles. The third-order valence-corrected chi connectivity index (χ3v) is 4.21. The molecular weight excluding hydrogens is 362 g/mol. The predicted molar refractivity (Wildman–Crippen MR) is 102 cm³/mol. The summed E-state index contributed by atoms with van der Waals surface area (Å²) >= 11 is 0. The van der Waals surface area contributed by atoms with E-state index in [1.165, 1.54) is 19.3 Å². The highest BCUT2D eigenvalue weighted by Gasteiger charge is 2.24. The van der Waals surface area contributed by atoms with Gasteiger partial charge in [0.05, 0.1) is 6.20 Å². The zero-order valence-electron chi connectivity index (χ0n) is 15.4. The fraction of sp³-hybridized carbons (Fsp3) is 0.316. The molecule has 0 atom stereocenters. The summed E-state index contributed by atoms with van der Waals surface area (Å²) in [7, 11) is 0. The maximum absolute atomic E-state index is 12.0. The molecule has 2 aromatic rings. The number of urea groups is 1. The first-order chi connectivity index (χ1) is 13.5. The number of pyridine rings is 2. The van der Waals surface area contributed by atoms with E-state index in [2.05, 4.69) is 25.9 Å². The molecule has 9 heteroatoms. The van der Waals surface area contributed by atoms with Crippen molar-refractivity contribution in [1.82, 2.24) is 15.3 Å². The van der Waals surface area contributed by atoms with E-state index in [0.717, 1.165) is 25.7 Å². The molecule has 3 N–H and O–H groups in total. The standard InChI is InChI=1S/C19H21N5O4/c1-12(25)22-17-10-14(8-9-20-17)28-15-6-7-16(21-11-15)23-19(27)24-18(26)13-4-2-3-5-13/h6-11,13H,2-5H2,1H3,(H,20,22,25)(H2,21,23,24,26,27). The average Bonchev–Trinajstić information content (AvgIpc) is 3.18. The van der Waals surface area contributed by atoms with Gasteiger partial charge in [-0.05, 0) is 31.0 Å². The van der Waals surface area contributed by atoms with Gasteiger partial charge in [0.25, 0.3) is 0 Å². The van der Waals surface area contributed by atoms with Gasteiger partial charge in [-0.25, -0.2) is 14.8 Å². The van der Waals surface area contributed by atoms with Gasteiger partial charge >= 0.3 is 6.03 Å². The molecule has 0 saturated heterocycles. The lowest BCUT2D eigenvalue weighted by Crippen LogP contribution is -2.37. The van der Waals surface area contributed by atoms with Gasteiger partial charge in [0.15, 0.2) is 0 Å². The molecule has 0 bridgehead atoms. The molecular formula is C19H21N5O4. The van der Waals surface area contributed by atoms with Gasteiger partial charge in [0, 0.05) is 25.1 Å². The molecule has 0 unspecified atom stereocenters. The summed E-state index contributed by atoms with van der Waals surface area (Å²) in [5.41, 5.74) is 0. The monoisotopic (exact) mass is 383 g/mol. The molecule has 1 saturated carbocycles. The molecule has 0 spiro atoms. The molecule has 4 amide bonds. The summed E-state index contributed by atoms with van der Waals surface area (Å²) in [4.78, 5) is 43.1. The van der Waals surface area contributed by atoms with Crippen LogP contribution < -0.4 is 20.7 Å². The zero-order valence-corrected chi connectivity index (χ0v) is 15.4. The van der Waals surface area contributed by atoms with Crippen molar-refractivity contribution in [3.05, 3.63) is 36.7 Å². The first kappa shape index (κ1) is 19.3. The summed E-state index contributed by atoms with van der Waals surface area (Å²) in [6.45, 7) is 1.39. The van der Waals surface area contributed by atoms with E-state index in [-0.39, 0.29) is 23.6 Å². The number of carbonyl (C=O) groups is 3. The van der Waals surface area contributed by atoms with Crippen LogP contribution in [0.2, 0.25) is 0 Å². The topological polar surface area (TPSA) is 122 Å². The Morgan fingerprint density at radius 3 is 2.46 bits per heavy atom. The maximum atomic E-state index is 12.0. The van der Waals surface area contributed by atoms with Crippen LogP contribution in [-0.2, 0) is 9.59 Å². The second-order valence-corrected chi connectivity index (χ2v) is 6.46. The lowest BCUT2D eigenvalue weighted by Gasteiger charge is -2.10. The summed E-state index contributed by atoms with van der Waals surface area (Å²) in [5.74, 6) is 1.01. The fourth-order valence-corrected chi connectivity index (χ4v) is 2.92. The number of carbonyl (C=O) groups excluding carboxylic acids is 3. The van der Waals surface area contributed by atoms with Crippen LogP contribution in [0.4, 0.5) is 16.4 Å². The van der Waals surface area contributed by atoms with Crippen LogP contribution in [-0.4, -0.2) is 27.8 Å². The highest BCUT2D eigenvalue weighted by Crippen LogP contribution is 2.25. The van der Waals surface area contributed by atoms with Crippen molar-refractivity contribution in [2.45, 2.75) is 32.6 Å². The van der Waals surface area contributed by atoms with Gasteiger partial charge in [0.1, 0.15) is 23.1 Å². The lowest BCUT2D eigenvalue weighted by atomic mass is 10.1. The number of imide groups is 1. The van der Waals surface area contributed by atoms with Gasteiger partial charge in [0.2, 0.25) is 11.8 Å². The minimum absolute atomic E-state index is 0.0859. The Hall–Kier alpha value is -3.49. The molecule has 1 aliphatic carbocycles. The summed E-state index contributed by atoms with van der Waals surface area (Å²) in [6.07, 6.45) is 6.63. The zero-order chi connectivity index (χ0) is 19.9. The molecule has 0 radical (unpaired) electrons. The summed E-state index contributed by atoms with van der Waals surface area (Å²) < 4.78 is 5.66. The second kappa shape index (κ2) is 8.94. The van der Waals surface area contributed by atoms with E-state index in [9.17, 15) is 14.4 Å². The number of ether oxygens (including phenoxy) is 1. The normalized spacial score (nSPS) is 13.6. The number of hydrogen-bond donors (Lipinski definition) is 3. The summed E-state index contributed by atoms with van der Waals surface area (Å²) in [5, 5.41) is 7.44. The van der Waals surface area contributed by atoms with Gasteiger partial charge in [-0.2, -0.15) is 0 Å². The van der Waals surface area contributed by atoms with Gasteiger partial charge in [-0.1, -0.05) is 12.8 Å². The van der Waals surface area contributed by atoms with Crippen molar-refractivity contribution in [3.8, 4) is 11.5 Å². The van der Waals surface area contributed by atoms with Crippen LogP contribution in [0.3, 0.4) is 0 Å². The van der Waals surface area contributed by atoms with Gasteiger partial charge < -0.3 is 10.1 Å². The molecule has 28 heavy (non-hydrogen) atoms. The Morgan fingerprint density at radius 2 is 1.79 bits per heavy atom. The molecule has 3 rings (SSSR count). The molecule has 1 fully saturated rings.